The second-order valence-electron chi connectivity index (χ2n) is 14.7. The molecular weight excluding hydrogens is 863 g/mol. The first-order valence-corrected chi connectivity index (χ1v) is 18.3. The van der Waals surface area contributed by atoms with Crippen molar-refractivity contribution in [2.24, 2.45) is 5.41 Å². The molecule has 0 bridgehead atoms. The van der Waals surface area contributed by atoms with Gasteiger partial charge in [-0.3, -0.25) is 4.98 Å². The standard InChI is InChI=1S/C30H28NO.C21H17N2.Ir/c1-19-14-15-24-23-12-9-13-25(26-16-22(17-30(3,4)5)20(2)18-31-26)28(23)32-29(24)27(19)21-10-7-6-8-11-21;1-15-9-8-10-16(2)20(15)23-19-14-7-6-13-18(19)22-21(23)17-11-4-3-5-12-17;/h6-12,14-16,18H,17H2,1-5H3;3-11,13-14H,1-2H3;/q2*-1;/i1D3,2D3,17D2;;. The van der Waals surface area contributed by atoms with E-state index in [4.69, 9.17) is 20.4 Å². The number of fused-ring (bicyclic) bond motifs is 4. The van der Waals surface area contributed by atoms with E-state index < -0.39 is 25.5 Å². The van der Waals surface area contributed by atoms with Gasteiger partial charge in [-0.25, -0.2) is 0 Å². The van der Waals surface area contributed by atoms with Crippen molar-refractivity contribution in [2.75, 3.05) is 0 Å². The van der Waals surface area contributed by atoms with E-state index in [1.54, 1.807) is 39.0 Å². The average molecular weight is 916 g/mol. The largest absolute Gasteiger partial charge is 0.500 e. The van der Waals surface area contributed by atoms with Crippen molar-refractivity contribution < 1.29 is 35.5 Å². The molecule has 0 aliphatic heterocycles. The van der Waals surface area contributed by atoms with Gasteiger partial charge >= 0.3 is 0 Å². The first-order valence-electron chi connectivity index (χ1n) is 22.3. The number of furan rings is 1. The van der Waals surface area contributed by atoms with E-state index in [1.165, 1.54) is 29.1 Å². The van der Waals surface area contributed by atoms with Gasteiger partial charge in [0.05, 0.1) is 22.4 Å². The van der Waals surface area contributed by atoms with Crippen LogP contribution < -0.4 is 0 Å². The van der Waals surface area contributed by atoms with E-state index >= 15 is 0 Å². The van der Waals surface area contributed by atoms with E-state index in [-0.39, 0.29) is 36.8 Å². The van der Waals surface area contributed by atoms with Crippen LogP contribution in [0.25, 0.3) is 72.4 Å². The van der Waals surface area contributed by atoms with Gasteiger partial charge in [0.1, 0.15) is 5.58 Å². The van der Waals surface area contributed by atoms with Gasteiger partial charge in [0, 0.05) is 53.9 Å². The van der Waals surface area contributed by atoms with E-state index in [9.17, 15) is 0 Å². The SMILES string of the molecule is Cc1cccc(C)c1-n1c(-c2[c-]cccc2)nc2ccccc21.[2H]C([2H])([2H])c1cnc(-c2[c-]ccc3c2oc2c(-c4ccccc4)c(C([2H])([2H])[2H])ccc23)cc1C([2H])([2H])C(C)(C)C.[Ir]. The number of aryl methyl sites for hydroxylation is 4. The second-order valence-corrected chi connectivity index (χ2v) is 14.7. The van der Waals surface area contributed by atoms with Crippen molar-refractivity contribution in [3.05, 3.63) is 174 Å². The van der Waals surface area contributed by atoms with Gasteiger partial charge in [-0.05, 0) is 85.0 Å². The molecule has 1 radical (unpaired) electrons. The number of hydrogen-bond acceptors (Lipinski definition) is 3. The molecule has 0 aliphatic rings. The molecule has 9 rings (SSSR count). The normalized spacial score (nSPS) is 14.2. The average Bonchev–Trinajstić information content (AvgIpc) is 3.82. The summed E-state index contributed by atoms with van der Waals surface area (Å²) in [6.45, 7) is 4.51. The number of benzene rings is 6. The van der Waals surface area contributed by atoms with Crippen molar-refractivity contribution >= 4 is 33.0 Å². The molecule has 0 saturated heterocycles. The summed E-state index contributed by atoms with van der Waals surface area (Å²) < 4.78 is 74.9. The fourth-order valence-electron chi connectivity index (χ4n) is 7.11. The molecule has 0 aliphatic carbocycles. The predicted octanol–water partition coefficient (Wildman–Crippen LogP) is 13.4. The molecular formula is C51H45IrN3O-2. The zero-order valence-corrected chi connectivity index (χ0v) is 34.2. The van der Waals surface area contributed by atoms with Crippen molar-refractivity contribution in [3.8, 4) is 39.5 Å². The first-order chi connectivity index (χ1) is 29.8. The van der Waals surface area contributed by atoms with E-state index in [2.05, 4.69) is 78.0 Å². The minimum absolute atomic E-state index is 0. The molecule has 4 nitrogen and oxygen atoms in total. The Balaban J connectivity index is 0.000000216. The van der Waals surface area contributed by atoms with Crippen molar-refractivity contribution in [1.82, 2.24) is 14.5 Å². The Kier molecular flexibility index (Phi) is 8.40. The van der Waals surface area contributed by atoms with Crippen LogP contribution in [0.1, 0.15) is 59.6 Å². The third-order valence-corrected chi connectivity index (χ3v) is 9.51. The Bertz CT molecular complexity index is 3110. The molecule has 9 aromatic rings. The summed E-state index contributed by atoms with van der Waals surface area (Å²) in [6.07, 6.45) is -0.788. The van der Waals surface area contributed by atoms with Crippen molar-refractivity contribution in [2.45, 2.75) is 54.7 Å². The molecule has 0 atom stereocenters. The summed E-state index contributed by atoms with van der Waals surface area (Å²) in [7, 11) is 0. The minimum atomic E-state index is -2.56. The number of hydrogen-bond donors (Lipinski definition) is 0. The molecule has 0 unspecified atom stereocenters. The fourth-order valence-corrected chi connectivity index (χ4v) is 7.11. The molecule has 3 aromatic heterocycles. The Labute approximate surface area is 354 Å². The Morgan fingerprint density at radius 3 is 2.20 bits per heavy atom. The van der Waals surface area contributed by atoms with Crippen LogP contribution in [0.3, 0.4) is 0 Å². The quantitative estimate of drug-likeness (QED) is 0.162. The topological polar surface area (TPSA) is 43.9 Å². The first kappa shape index (κ1) is 29.6. The van der Waals surface area contributed by atoms with E-state index in [0.29, 0.717) is 44.3 Å². The summed E-state index contributed by atoms with van der Waals surface area (Å²) in [6, 6.07) is 46.6. The van der Waals surface area contributed by atoms with Crippen LogP contribution in [0.5, 0.6) is 0 Å². The Hall–Kier alpha value is -5.61. The van der Waals surface area contributed by atoms with Gasteiger partial charge in [-0.15, -0.1) is 54.1 Å². The maximum Gasteiger partial charge on any atom is 0.129 e. The van der Waals surface area contributed by atoms with Gasteiger partial charge in [0.15, 0.2) is 0 Å². The number of imidazole rings is 1. The second kappa shape index (κ2) is 15.9. The summed E-state index contributed by atoms with van der Waals surface area (Å²) >= 11 is 0. The van der Waals surface area contributed by atoms with Crippen LogP contribution in [0.15, 0.2) is 138 Å². The van der Waals surface area contributed by atoms with Gasteiger partial charge in [-0.2, -0.15) is 0 Å². The molecule has 0 fully saturated rings. The van der Waals surface area contributed by atoms with Crippen LogP contribution >= 0.6 is 0 Å². The maximum atomic E-state index is 8.86. The van der Waals surface area contributed by atoms with Crippen LogP contribution in [-0.2, 0) is 26.5 Å². The maximum absolute atomic E-state index is 8.86. The van der Waals surface area contributed by atoms with Crippen LogP contribution in [0.4, 0.5) is 0 Å². The molecule has 3 heterocycles. The Morgan fingerprint density at radius 2 is 1.46 bits per heavy atom. The molecule has 281 valence electrons. The molecule has 0 N–H and O–H groups in total. The zero-order chi connectivity index (χ0) is 45.1. The van der Waals surface area contributed by atoms with Gasteiger partial charge in [-0.1, -0.05) is 116 Å². The number of pyridine rings is 1. The van der Waals surface area contributed by atoms with E-state index in [0.717, 1.165) is 22.4 Å². The number of rotatable bonds is 5. The van der Waals surface area contributed by atoms with Crippen LogP contribution in [-0.4, -0.2) is 14.5 Å². The number of aromatic nitrogens is 3. The monoisotopic (exact) mass is 916 g/mol. The van der Waals surface area contributed by atoms with Crippen molar-refractivity contribution in [3.63, 3.8) is 0 Å². The third kappa shape index (κ3) is 7.50. The fraction of sp³-hybridized carbons (Fsp3) is 0.176. The Morgan fingerprint density at radius 1 is 0.732 bits per heavy atom. The zero-order valence-electron chi connectivity index (χ0n) is 39.8. The van der Waals surface area contributed by atoms with Crippen LogP contribution in [0.2, 0.25) is 0 Å². The van der Waals surface area contributed by atoms with Crippen LogP contribution in [0, 0.1) is 45.1 Å². The van der Waals surface area contributed by atoms with Gasteiger partial charge < -0.3 is 14.0 Å². The van der Waals surface area contributed by atoms with E-state index in [1.807, 2.05) is 60.7 Å². The van der Waals surface area contributed by atoms with Crippen molar-refractivity contribution in [1.29, 1.82) is 0 Å². The number of para-hydroxylation sites is 3. The van der Waals surface area contributed by atoms with Gasteiger partial charge in [0.25, 0.3) is 0 Å². The molecule has 56 heavy (non-hydrogen) atoms. The predicted molar refractivity (Wildman–Crippen MR) is 229 cm³/mol. The number of nitrogens with zero attached hydrogens (tertiary/aromatic N) is 3. The third-order valence-electron chi connectivity index (χ3n) is 9.51. The molecule has 0 saturated carbocycles. The summed E-state index contributed by atoms with van der Waals surface area (Å²) in [4.78, 5) is 9.29. The summed E-state index contributed by atoms with van der Waals surface area (Å²) in [5.74, 6) is 0.934. The molecule has 5 heteroatoms. The molecule has 6 aromatic carbocycles. The smallest absolute Gasteiger partial charge is 0.129 e. The molecule has 0 amide bonds. The summed E-state index contributed by atoms with van der Waals surface area (Å²) in [5.41, 5.74) is 8.64. The van der Waals surface area contributed by atoms with Gasteiger partial charge in [0.2, 0.25) is 0 Å². The molecule has 0 spiro atoms. The minimum Gasteiger partial charge on any atom is -0.500 e. The summed E-state index contributed by atoms with van der Waals surface area (Å²) in [5, 5.41) is 1.42.